The summed E-state index contributed by atoms with van der Waals surface area (Å²) in [6, 6.07) is -0.825. The molecule has 0 aliphatic heterocycles. The highest BCUT2D eigenvalue weighted by Crippen LogP contribution is 2.34. The standard InChI is InChI=1S/C10H17NO3/c1-10(2,3)7-4-5-9(12)8(6-7)11(13)14/h4,8-9,12H,5-6H2,1-3H3. The number of nitro groups is 1. The average Bonchev–Trinajstić information content (AvgIpc) is 2.02. The van der Waals surface area contributed by atoms with Crippen LogP contribution in [0.3, 0.4) is 0 Å². The van der Waals surface area contributed by atoms with Crippen LogP contribution in [0.2, 0.25) is 0 Å². The third kappa shape index (κ3) is 2.32. The second kappa shape index (κ2) is 3.69. The first kappa shape index (κ1) is 11.2. The maximum absolute atomic E-state index is 10.7. The van der Waals surface area contributed by atoms with Gasteiger partial charge in [0.25, 0.3) is 0 Å². The molecule has 0 saturated heterocycles. The minimum atomic E-state index is -0.825. The Morgan fingerprint density at radius 1 is 1.57 bits per heavy atom. The summed E-state index contributed by atoms with van der Waals surface area (Å²) in [7, 11) is 0. The molecule has 1 aliphatic carbocycles. The van der Waals surface area contributed by atoms with E-state index >= 15 is 0 Å². The van der Waals surface area contributed by atoms with Crippen molar-refractivity contribution in [3.8, 4) is 0 Å². The van der Waals surface area contributed by atoms with Crippen LogP contribution in [0.5, 0.6) is 0 Å². The van der Waals surface area contributed by atoms with Gasteiger partial charge >= 0.3 is 0 Å². The van der Waals surface area contributed by atoms with Gasteiger partial charge in [0, 0.05) is 11.3 Å². The first-order chi connectivity index (χ1) is 6.32. The lowest BCUT2D eigenvalue weighted by atomic mass is 9.78. The highest BCUT2D eigenvalue weighted by molar-refractivity contribution is 5.16. The van der Waals surface area contributed by atoms with Gasteiger partial charge in [-0.1, -0.05) is 32.4 Å². The van der Waals surface area contributed by atoms with Crippen molar-refractivity contribution >= 4 is 0 Å². The molecule has 0 aromatic rings. The van der Waals surface area contributed by atoms with E-state index in [9.17, 15) is 15.2 Å². The lowest BCUT2D eigenvalue weighted by molar-refractivity contribution is -0.534. The molecule has 14 heavy (non-hydrogen) atoms. The zero-order chi connectivity index (χ0) is 10.9. The Bertz CT molecular complexity index is 265. The molecule has 0 aromatic carbocycles. The van der Waals surface area contributed by atoms with Crippen LogP contribution in [-0.4, -0.2) is 22.2 Å². The molecule has 0 aromatic heterocycles. The van der Waals surface area contributed by atoms with E-state index in [2.05, 4.69) is 0 Å². The van der Waals surface area contributed by atoms with Gasteiger partial charge in [0.15, 0.2) is 0 Å². The van der Waals surface area contributed by atoms with E-state index in [0.717, 1.165) is 5.57 Å². The Labute approximate surface area is 83.8 Å². The predicted molar refractivity (Wildman–Crippen MR) is 53.6 cm³/mol. The summed E-state index contributed by atoms with van der Waals surface area (Å²) in [5.74, 6) is 0. The lowest BCUT2D eigenvalue weighted by Crippen LogP contribution is -2.37. The fourth-order valence-corrected chi connectivity index (χ4v) is 1.69. The fraction of sp³-hybridized carbons (Fsp3) is 0.800. The Hall–Kier alpha value is -0.900. The van der Waals surface area contributed by atoms with Crippen molar-refractivity contribution < 1.29 is 10.0 Å². The SMILES string of the molecule is CC(C)(C)C1=CCC(O)C([N+](=O)[O-])C1. The van der Waals surface area contributed by atoms with Gasteiger partial charge in [-0.3, -0.25) is 10.1 Å². The predicted octanol–water partition coefficient (Wildman–Crippen LogP) is 1.76. The average molecular weight is 199 g/mol. The summed E-state index contributed by atoms with van der Waals surface area (Å²) in [5.41, 5.74) is 1.04. The smallest absolute Gasteiger partial charge is 0.242 e. The van der Waals surface area contributed by atoms with E-state index in [-0.39, 0.29) is 10.3 Å². The van der Waals surface area contributed by atoms with Crippen LogP contribution < -0.4 is 0 Å². The van der Waals surface area contributed by atoms with Crippen molar-refractivity contribution in [2.75, 3.05) is 0 Å². The molecule has 0 bridgehead atoms. The molecule has 2 atom stereocenters. The first-order valence-electron chi connectivity index (χ1n) is 4.83. The summed E-state index contributed by atoms with van der Waals surface area (Å²) < 4.78 is 0. The zero-order valence-electron chi connectivity index (χ0n) is 8.86. The van der Waals surface area contributed by atoms with E-state index in [1.54, 1.807) is 0 Å². The molecule has 80 valence electrons. The van der Waals surface area contributed by atoms with Gasteiger partial charge in [-0.05, 0) is 11.8 Å². The van der Waals surface area contributed by atoms with Crippen molar-refractivity contribution in [2.45, 2.75) is 45.8 Å². The van der Waals surface area contributed by atoms with Crippen LogP contribution in [0.15, 0.2) is 11.6 Å². The van der Waals surface area contributed by atoms with Crippen LogP contribution in [-0.2, 0) is 0 Å². The van der Waals surface area contributed by atoms with E-state index in [4.69, 9.17) is 0 Å². The van der Waals surface area contributed by atoms with Crippen molar-refractivity contribution in [3.05, 3.63) is 21.8 Å². The third-order valence-corrected chi connectivity index (χ3v) is 2.71. The Morgan fingerprint density at radius 3 is 2.57 bits per heavy atom. The molecular formula is C10H17NO3. The highest BCUT2D eigenvalue weighted by Gasteiger charge is 2.36. The van der Waals surface area contributed by atoms with E-state index in [1.165, 1.54) is 0 Å². The molecule has 1 aliphatic rings. The lowest BCUT2D eigenvalue weighted by Gasteiger charge is -2.29. The monoisotopic (exact) mass is 199 g/mol. The van der Waals surface area contributed by atoms with Crippen LogP contribution in [0.1, 0.15) is 33.6 Å². The molecule has 0 fully saturated rings. The van der Waals surface area contributed by atoms with E-state index in [1.807, 2.05) is 26.8 Å². The number of aliphatic hydroxyl groups is 1. The topological polar surface area (TPSA) is 63.4 Å². The second-order valence-corrected chi connectivity index (χ2v) is 4.84. The maximum Gasteiger partial charge on any atom is 0.242 e. The Morgan fingerprint density at radius 2 is 2.14 bits per heavy atom. The van der Waals surface area contributed by atoms with Crippen LogP contribution in [0.25, 0.3) is 0 Å². The van der Waals surface area contributed by atoms with Crippen molar-refractivity contribution in [1.82, 2.24) is 0 Å². The molecule has 0 radical (unpaired) electrons. The molecule has 2 unspecified atom stereocenters. The summed E-state index contributed by atoms with van der Waals surface area (Å²) in [6.45, 7) is 6.11. The van der Waals surface area contributed by atoms with Crippen molar-refractivity contribution in [1.29, 1.82) is 0 Å². The highest BCUT2D eigenvalue weighted by atomic mass is 16.6. The largest absolute Gasteiger partial charge is 0.386 e. The minimum Gasteiger partial charge on any atom is -0.386 e. The number of aliphatic hydroxyl groups excluding tert-OH is 1. The Kier molecular flexibility index (Phi) is 2.95. The van der Waals surface area contributed by atoms with Gasteiger partial charge in [0.05, 0.1) is 0 Å². The minimum absolute atomic E-state index is 0.0333. The van der Waals surface area contributed by atoms with Gasteiger partial charge in [-0.15, -0.1) is 0 Å². The number of hydrogen-bond acceptors (Lipinski definition) is 3. The van der Waals surface area contributed by atoms with Crippen molar-refractivity contribution in [2.24, 2.45) is 5.41 Å². The molecule has 0 heterocycles. The second-order valence-electron chi connectivity index (χ2n) is 4.84. The zero-order valence-corrected chi connectivity index (χ0v) is 8.86. The fourth-order valence-electron chi connectivity index (χ4n) is 1.69. The normalized spacial score (nSPS) is 28.4. The quantitative estimate of drug-likeness (QED) is 0.397. The van der Waals surface area contributed by atoms with Gasteiger partial charge < -0.3 is 5.11 Å². The molecule has 0 spiro atoms. The van der Waals surface area contributed by atoms with Crippen LogP contribution in [0.4, 0.5) is 0 Å². The van der Waals surface area contributed by atoms with Crippen LogP contribution >= 0.6 is 0 Å². The number of hydrogen-bond donors (Lipinski definition) is 1. The molecule has 1 N–H and O–H groups in total. The summed E-state index contributed by atoms with van der Waals surface area (Å²) in [4.78, 5) is 10.3. The van der Waals surface area contributed by atoms with Gasteiger partial charge in [-0.25, -0.2) is 0 Å². The van der Waals surface area contributed by atoms with Gasteiger partial charge in [0.1, 0.15) is 6.10 Å². The Balaban J connectivity index is 2.82. The first-order valence-corrected chi connectivity index (χ1v) is 4.83. The van der Waals surface area contributed by atoms with Crippen LogP contribution in [0, 0.1) is 15.5 Å². The number of rotatable bonds is 1. The maximum atomic E-state index is 10.7. The molecule has 4 nitrogen and oxygen atoms in total. The van der Waals surface area contributed by atoms with E-state index < -0.39 is 12.1 Å². The molecule has 4 heteroatoms. The summed E-state index contributed by atoms with van der Waals surface area (Å²) in [6.07, 6.45) is 1.89. The molecule has 1 rings (SSSR count). The molecule has 0 saturated carbocycles. The van der Waals surface area contributed by atoms with Crippen molar-refractivity contribution in [3.63, 3.8) is 0 Å². The summed E-state index contributed by atoms with van der Waals surface area (Å²) in [5, 5.41) is 20.1. The van der Waals surface area contributed by atoms with E-state index in [0.29, 0.717) is 12.8 Å². The third-order valence-electron chi connectivity index (χ3n) is 2.71. The molecular weight excluding hydrogens is 182 g/mol. The molecule has 0 amide bonds. The number of nitrogens with zero attached hydrogens (tertiary/aromatic N) is 1. The summed E-state index contributed by atoms with van der Waals surface area (Å²) >= 11 is 0. The van der Waals surface area contributed by atoms with Gasteiger partial charge in [0.2, 0.25) is 6.04 Å². The van der Waals surface area contributed by atoms with Gasteiger partial charge in [-0.2, -0.15) is 0 Å².